The summed E-state index contributed by atoms with van der Waals surface area (Å²) in [6.07, 6.45) is -11.4. The fourth-order valence-corrected chi connectivity index (χ4v) is 5.19. The molecule has 2 aliphatic rings. The van der Waals surface area contributed by atoms with Crippen molar-refractivity contribution in [3.8, 4) is 0 Å². The van der Waals surface area contributed by atoms with Crippen molar-refractivity contribution in [2.45, 2.75) is 62.3 Å². The van der Waals surface area contributed by atoms with E-state index >= 15 is 0 Å². The second-order valence-electron chi connectivity index (χ2n) is 9.54. The molecule has 2 fully saturated rings. The summed E-state index contributed by atoms with van der Waals surface area (Å²) in [5.41, 5.74) is -3.31. The zero-order chi connectivity index (χ0) is 26.6. The van der Waals surface area contributed by atoms with Crippen LogP contribution < -0.4 is 5.32 Å². The first-order valence-corrected chi connectivity index (χ1v) is 11.3. The fraction of sp³-hybridized carbons (Fsp3) is 0.480. The highest BCUT2D eigenvalue weighted by Gasteiger charge is 2.57. The molecule has 0 aliphatic carbocycles. The number of halogens is 7. The number of fused-ring (bicyclic) bond motifs is 1. The molecule has 0 bridgehead atoms. The average molecular weight is 518 g/mol. The van der Waals surface area contributed by atoms with Gasteiger partial charge in [-0.05, 0) is 68.8 Å². The molecule has 0 spiro atoms. The van der Waals surface area contributed by atoms with E-state index in [0.717, 1.165) is 0 Å². The summed E-state index contributed by atoms with van der Waals surface area (Å²) >= 11 is 0. The number of ether oxygens (including phenoxy) is 1. The molecule has 1 unspecified atom stereocenters. The Morgan fingerprint density at radius 2 is 1.58 bits per heavy atom. The first kappa shape index (κ1) is 26.4. The van der Waals surface area contributed by atoms with Crippen molar-refractivity contribution in [3.05, 3.63) is 70.5 Å². The normalized spacial score (nSPS) is 27.4. The molecule has 4 nitrogen and oxygen atoms in total. The number of likely N-dealkylation sites (N-methyl/N-ethyl adjacent to an activating group) is 1. The predicted molar refractivity (Wildman–Crippen MR) is 116 cm³/mol. The number of carbonyl (C=O) groups is 1. The first-order valence-electron chi connectivity index (χ1n) is 11.3. The standard InChI is InChI=1S/C25H25F7N2O2/c1-13(15-8-16(24(27,28)29)10-17(9-15)25(30,31)32)36-20-12-34-19(11-23(2,33-3)22(34)35)21(20)14-4-6-18(26)7-5-14/h4-10,13,19-21,33H,11-12H2,1-3H3/t13-,19+,20+,21?,23+/m1/s1. The highest BCUT2D eigenvalue weighted by Crippen LogP contribution is 2.46. The number of amides is 1. The molecule has 196 valence electrons. The lowest BCUT2D eigenvalue weighted by molar-refractivity contribution is -0.143. The second-order valence-corrected chi connectivity index (χ2v) is 9.54. The van der Waals surface area contributed by atoms with Gasteiger partial charge in [-0.25, -0.2) is 4.39 Å². The van der Waals surface area contributed by atoms with Crippen molar-refractivity contribution in [2.24, 2.45) is 0 Å². The maximum atomic E-state index is 13.6. The lowest BCUT2D eigenvalue weighted by atomic mass is 9.84. The van der Waals surface area contributed by atoms with E-state index in [2.05, 4.69) is 5.32 Å². The minimum atomic E-state index is -4.98. The van der Waals surface area contributed by atoms with E-state index in [-0.39, 0.29) is 30.1 Å². The summed E-state index contributed by atoms with van der Waals surface area (Å²) in [6.45, 7) is 3.23. The van der Waals surface area contributed by atoms with Crippen molar-refractivity contribution in [3.63, 3.8) is 0 Å². The zero-order valence-corrected chi connectivity index (χ0v) is 19.7. The van der Waals surface area contributed by atoms with Crippen LogP contribution in [0.25, 0.3) is 0 Å². The molecule has 2 saturated heterocycles. The molecule has 1 N–H and O–H groups in total. The Balaban J connectivity index is 1.68. The number of nitrogens with one attached hydrogen (secondary N) is 1. The molecular weight excluding hydrogens is 493 g/mol. The minimum Gasteiger partial charge on any atom is -0.368 e. The maximum absolute atomic E-state index is 13.6. The van der Waals surface area contributed by atoms with Gasteiger partial charge in [-0.1, -0.05) is 12.1 Å². The Labute approximate surface area is 203 Å². The summed E-state index contributed by atoms with van der Waals surface area (Å²) < 4.78 is 99.7. The molecule has 0 radical (unpaired) electrons. The molecule has 2 aliphatic heterocycles. The summed E-state index contributed by atoms with van der Waals surface area (Å²) in [5, 5.41) is 3.02. The summed E-state index contributed by atoms with van der Waals surface area (Å²) in [4.78, 5) is 14.7. The Morgan fingerprint density at radius 1 is 1.03 bits per heavy atom. The topological polar surface area (TPSA) is 41.6 Å². The summed E-state index contributed by atoms with van der Waals surface area (Å²) in [6, 6.07) is 6.64. The van der Waals surface area contributed by atoms with Gasteiger partial charge in [-0.3, -0.25) is 4.79 Å². The number of hydrogen-bond donors (Lipinski definition) is 1. The molecule has 5 atom stereocenters. The smallest absolute Gasteiger partial charge is 0.368 e. The minimum absolute atomic E-state index is 0.0699. The Hall–Kier alpha value is -2.66. The number of hydrogen-bond acceptors (Lipinski definition) is 3. The van der Waals surface area contributed by atoms with Gasteiger partial charge in [0.05, 0.1) is 28.9 Å². The maximum Gasteiger partial charge on any atom is 0.416 e. The van der Waals surface area contributed by atoms with Crippen LogP contribution in [0.2, 0.25) is 0 Å². The SMILES string of the molecule is CN[C@@]1(C)C[C@H]2C(c3ccc(F)cc3)[C@@H](O[C@H](C)c3cc(C(F)(F)F)cc(C(F)(F)F)c3)CN2C1=O. The fourth-order valence-electron chi connectivity index (χ4n) is 5.19. The van der Waals surface area contributed by atoms with Gasteiger partial charge >= 0.3 is 12.4 Å². The van der Waals surface area contributed by atoms with Gasteiger partial charge < -0.3 is 15.0 Å². The summed E-state index contributed by atoms with van der Waals surface area (Å²) in [5.74, 6) is -1.11. The van der Waals surface area contributed by atoms with E-state index in [0.29, 0.717) is 24.1 Å². The molecule has 1 amide bonds. The third kappa shape index (κ3) is 4.82. The largest absolute Gasteiger partial charge is 0.416 e. The third-order valence-corrected chi connectivity index (χ3v) is 7.21. The molecule has 2 aromatic carbocycles. The van der Waals surface area contributed by atoms with Gasteiger partial charge in [-0.2, -0.15) is 26.3 Å². The van der Waals surface area contributed by atoms with Gasteiger partial charge in [-0.15, -0.1) is 0 Å². The molecule has 11 heteroatoms. The number of alkyl halides is 6. The molecule has 36 heavy (non-hydrogen) atoms. The van der Waals surface area contributed by atoms with E-state index < -0.39 is 53.0 Å². The van der Waals surface area contributed by atoms with Crippen molar-refractivity contribution < 1.29 is 40.3 Å². The van der Waals surface area contributed by atoms with Crippen LogP contribution in [0.4, 0.5) is 30.7 Å². The van der Waals surface area contributed by atoms with Crippen molar-refractivity contribution in [1.82, 2.24) is 10.2 Å². The highest BCUT2D eigenvalue weighted by atomic mass is 19.4. The van der Waals surface area contributed by atoms with Gasteiger partial charge in [0.15, 0.2) is 0 Å². The first-order chi connectivity index (χ1) is 16.6. The van der Waals surface area contributed by atoms with Gasteiger partial charge in [0.1, 0.15) is 5.82 Å². The van der Waals surface area contributed by atoms with Gasteiger partial charge in [0, 0.05) is 18.5 Å². The Bertz CT molecular complexity index is 1100. The molecule has 4 rings (SSSR count). The predicted octanol–water partition coefficient (Wildman–Crippen LogP) is 5.69. The number of rotatable bonds is 5. The Kier molecular flexibility index (Phi) is 6.62. The third-order valence-electron chi connectivity index (χ3n) is 7.21. The quantitative estimate of drug-likeness (QED) is 0.518. The Morgan fingerprint density at radius 3 is 2.08 bits per heavy atom. The number of carbonyl (C=O) groups excluding carboxylic acids is 1. The molecule has 2 heterocycles. The van der Waals surface area contributed by atoms with Crippen molar-refractivity contribution in [2.75, 3.05) is 13.6 Å². The van der Waals surface area contributed by atoms with Crippen LogP contribution in [0, 0.1) is 5.82 Å². The van der Waals surface area contributed by atoms with Crippen molar-refractivity contribution >= 4 is 5.91 Å². The van der Waals surface area contributed by atoms with Crippen LogP contribution in [-0.2, 0) is 21.9 Å². The average Bonchev–Trinajstić information content (AvgIpc) is 3.26. The van der Waals surface area contributed by atoms with Gasteiger partial charge in [0.25, 0.3) is 0 Å². The van der Waals surface area contributed by atoms with E-state index in [1.165, 1.54) is 19.1 Å². The van der Waals surface area contributed by atoms with E-state index in [4.69, 9.17) is 4.74 Å². The number of benzene rings is 2. The van der Waals surface area contributed by atoms with E-state index in [1.54, 1.807) is 31.0 Å². The molecule has 2 aromatic rings. The van der Waals surface area contributed by atoms with E-state index in [9.17, 15) is 35.5 Å². The van der Waals surface area contributed by atoms with Crippen LogP contribution in [0.3, 0.4) is 0 Å². The second kappa shape index (κ2) is 9.02. The number of nitrogens with zero attached hydrogens (tertiary/aromatic N) is 1. The van der Waals surface area contributed by atoms with Crippen LogP contribution in [-0.4, -0.2) is 42.1 Å². The lowest BCUT2D eigenvalue weighted by Gasteiger charge is -2.29. The lowest BCUT2D eigenvalue weighted by Crippen LogP contribution is -2.48. The van der Waals surface area contributed by atoms with Crippen LogP contribution in [0.5, 0.6) is 0 Å². The highest BCUT2D eigenvalue weighted by molar-refractivity contribution is 5.89. The van der Waals surface area contributed by atoms with Gasteiger partial charge in [0.2, 0.25) is 5.91 Å². The van der Waals surface area contributed by atoms with Crippen LogP contribution in [0.15, 0.2) is 42.5 Å². The van der Waals surface area contributed by atoms with Crippen LogP contribution in [0.1, 0.15) is 54.5 Å². The monoisotopic (exact) mass is 518 g/mol. The van der Waals surface area contributed by atoms with Crippen LogP contribution >= 0.6 is 0 Å². The molecule has 0 saturated carbocycles. The zero-order valence-electron chi connectivity index (χ0n) is 19.7. The summed E-state index contributed by atoms with van der Waals surface area (Å²) in [7, 11) is 1.66. The molecular formula is C25H25F7N2O2. The van der Waals surface area contributed by atoms with E-state index in [1.807, 2.05) is 0 Å². The molecule has 0 aromatic heterocycles. The van der Waals surface area contributed by atoms with Crippen molar-refractivity contribution in [1.29, 1.82) is 0 Å².